The van der Waals surface area contributed by atoms with Crippen molar-refractivity contribution in [1.82, 2.24) is 15.1 Å². The minimum atomic E-state index is -0.162. The summed E-state index contributed by atoms with van der Waals surface area (Å²) in [5.74, 6) is 2.73. The molecule has 0 aliphatic heterocycles. The SMILES string of the molecule is COc1cc(C)ccc1Oc1ccc(NC(=O)CCc2nc(C(C)C)no2)cn1. The van der Waals surface area contributed by atoms with Gasteiger partial charge in [0.15, 0.2) is 17.3 Å². The number of aromatic nitrogens is 3. The summed E-state index contributed by atoms with van der Waals surface area (Å²) in [7, 11) is 1.59. The van der Waals surface area contributed by atoms with Crippen LogP contribution in [0.5, 0.6) is 17.4 Å². The van der Waals surface area contributed by atoms with Crippen molar-refractivity contribution in [3.63, 3.8) is 0 Å². The molecule has 0 aliphatic carbocycles. The van der Waals surface area contributed by atoms with Crippen LogP contribution in [-0.2, 0) is 11.2 Å². The molecule has 0 unspecified atom stereocenters. The number of carbonyl (C=O) groups excluding carboxylic acids is 1. The number of carbonyl (C=O) groups is 1. The van der Waals surface area contributed by atoms with Crippen LogP contribution in [0.4, 0.5) is 5.69 Å². The Morgan fingerprint density at radius 1 is 1.21 bits per heavy atom. The van der Waals surface area contributed by atoms with Crippen LogP contribution in [0, 0.1) is 6.92 Å². The fourth-order valence-corrected chi connectivity index (χ4v) is 2.53. The minimum Gasteiger partial charge on any atom is -0.493 e. The van der Waals surface area contributed by atoms with E-state index in [2.05, 4.69) is 20.4 Å². The predicted octanol–water partition coefficient (Wildman–Crippen LogP) is 4.27. The molecule has 0 atom stereocenters. The minimum absolute atomic E-state index is 0.162. The first kappa shape index (κ1) is 20.3. The summed E-state index contributed by atoms with van der Waals surface area (Å²) in [6.45, 7) is 5.94. The lowest BCUT2D eigenvalue weighted by atomic mass is 10.2. The first-order valence-electron chi connectivity index (χ1n) is 9.35. The first-order chi connectivity index (χ1) is 13.9. The third-order valence-corrected chi connectivity index (χ3v) is 4.12. The highest BCUT2D eigenvalue weighted by Crippen LogP contribution is 2.31. The molecular weight excluding hydrogens is 372 g/mol. The summed E-state index contributed by atoms with van der Waals surface area (Å²) in [5, 5.41) is 6.68. The van der Waals surface area contributed by atoms with Crippen molar-refractivity contribution >= 4 is 11.6 Å². The Bertz CT molecular complexity index is 967. The zero-order valence-corrected chi connectivity index (χ0v) is 16.9. The van der Waals surface area contributed by atoms with E-state index in [1.807, 2.05) is 39.0 Å². The van der Waals surface area contributed by atoms with Crippen LogP contribution in [-0.4, -0.2) is 28.1 Å². The quantitative estimate of drug-likeness (QED) is 0.607. The number of nitrogens with one attached hydrogen (secondary N) is 1. The van der Waals surface area contributed by atoms with E-state index in [1.54, 1.807) is 19.2 Å². The second kappa shape index (κ2) is 9.18. The van der Waals surface area contributed by atoms with Gasteiger partial charge in [0.2, 0.25) is 17.7 Å². The van der Waals surface area contributed by atoms with Crippen LogP contribution in [0.25, 0.3) is 0 Å². The number of rotatable bonds is 8. The Labute approximate surface area is 169 Å². The zero-order chi connectivity index (χ0) is 20.8. The van der Waals surface area contributed by atoms with Crippen molar-refractivity contribution in [2.45, 2.75) is 39.5 Å². The number of anilines is 1. The molecule has 8 heteroatoms. The number of aryl methyl sites for hydroxylation is 2. The monoisotopic (exact) mass is 396 g/mol. The normalized spacial score (nSPS) is 10.8. The van der Waals surface area contributed by atoms with Crippen LogP contribution in [0.15, 0.2) is 41.1 Å². The Morgan fingerprint density at radius 2 is 2.03 bits per heavy atom. The summed E-state index contributed by atoms with van der Waals surface area (Å²) in [5.41, 5.74) is 1.65. The molecule has 0 radical (unpaired) electrons. The maximum Gasteiger partial charge on any atom is 0.227 e. The van der Waals surface area contributed by atoms with E-state index in [1.165, 1.54) is 6.20 Å². The van der Waals surface area contributed by atoms with Gasteiger partial charge in [0.25, 0.3) is 0 Å². The van der Waals surface area contributed by atoms with Gasteiger partial charge in [0, 0.05) is 24.8 Å². The van der Waals surface area contributed by atoms with Gasteiger partial charge in [-0.05, 0) is 30.7 Å². The van der Waals surface area contributed by atoms with Crippen LogP contribution in [0.1, 0.15) is 43.5 Å². The molecule has 2 aromatic heterocycles. The van der Waals surface area contributed by atoms with Gasteiger partial charge in [-0.25, -0.2) is 4.98 Å². The zero-order valence-electron chi connectivity index (χ0n) is 16.9. The predicted molar refractivity (Wildman–Crippen MR) is 107 cm³/mol. The van der Waals surface area contributed by atoms with Crippen molar-refractivity contribution in [1.29, 1.82) is 0 Å². The van der Waals surface area contributed by atoms with Gasteiger partial charge < -0.3 is 19.3 Å². The lowest BCUT2D eigenvalue weighted by molar-refractivity contribution is -0.116. The summed E-state index contributed by atoms with van der Waals surface area (Å²) < 4.78 is 16.2. The molecule has 2 heterocycles. The molecule has 1 N–H and O–H groups in total. The molecule has 1 aromatic carbocycles. The Kier molecular flexibility index (Phi) is 6.43. The number of methoxy groups -OCH3 is 1. The van der Waals surface area contributed by atoms with Gasteiger partial charge >= 0.3 is 0 Å². The lowest BCUT2D eigenvalue weighted by Crippen LogP contribution is -2.12. The number of ether oxygens (including phenoxy) is 2. The largest absolute Gasteiger partial charge is 0.493 e. The molecular formula is C21H24N4O4. The molecule has 0 saturated heterocycles. The van der Waals surface area contributed by atoms with E-state index in [9.17, 15) is 4.79 Å². The topological polar surface area (TPSA) is 99.4 Å². The molecule has 3 aromatic rings. The van der Waals surface area contributed by atoms with E-state index in [0.717, 1.165) is 5.56 Å². The van der Waals surface area contributed by atoms with Crippen molar-refractivity contribution in [3.05, 3.63) is 53.8 Å². The molecule has 0 saturated carbocycles. The maximum absolute atomic E-state index is 12.1. The van der Waals surface area contributed by atoms with E-state index >= 15 is 0 Å². The Balaban J connectivity index is 1.54. The molecule has 0 fully saturated rings. The third kappa shape index (κ3) is 5.54. The van der Waals surface area contributed by atoms with E-state index < -0.39 is 0 Å². The average molecular weight is 396 g/mol. The van der Waals surface area contributed by atoms with E-state index in [-0.39, 0.29) is 18.2 Å². The number of amides is 1. The van der Waals surface area contributed by atoms with Gasteiger partial charge in [-0.15, -0.1) is 0 Å². The van der Waals surface area contributed by atoms with E-state index in [4.69, 9.17) is 14.0 Å². The molecule has 8 nitrogen and oxygen atoms in total. The number of pyridine rings is 1. The van der Waals surface area contributed by atoms with Crippen LogP contribution in [0.3, 0.4) is 0 Å². The molecule has 0 aliphatic rings. The second-order valence-electron chi connectivity index (χ2n) is 6.89. The molecule has 29 heavy (non-hydrogen) atoms. The first-order valence-corrected chi connectivity index (χ1v) is 9.35. The molecule has 152 valence electrons. The van der Waals surface area contributed by atoms with Gasteiger partial charge in [-0.3, -0.25) is 4.79 Å². The van der Waals surface area contributed by atoms with Gasteiger partial charge in [-0.2, -0.15) is 4.98 Å². The summed E-state index contributed by atoms with van der Waals surface area (Å²) >= 11 is 0. The second-order valence-corrected chi connectivity index (χ2v) is 6.89. The van der Waals surface area contributed by atoms with E-state index in [0.29, 0.717) is 41.2 Å². The average Bonchev–Trinajstić information content (AvgIpc) is 3.19. The Hall–Kier alpha value is -3.42. The number of hydrogen-bond acceptors (Lipinski definition) is 7. The molecule has 3 rings (SSSR count). The smallest absolute Gasteiger partial charge is 0.227 e. The Morgan fingerprint density at radius 3 is 2.69 bits per heavy atom. The van der Waals surface area contributed by atoms with Crippen molar-refractivity contribution in [3.8, 4) is 17.4 Å². The molecule has 0 bridgehead atoms. The lowest BCUT2D eigenvalue weighted by Gasteiger charge is -2.10. The summed E-state index contributed by atoms with van der Waals surface area (Å²) in [6.07, 6.45) is 2.16. The molecule has 0 spiro atoms. The number of benzene rings is 1. The highest BCUT2D eigenvalue weighted by Gasteiger charge is 2.12. The molecule has 1 amide bonds. The highest BCUT2D eigenvalue weighted by molar-refractivity contribution is 5.90. The van der Waals surface area contributed by atoms with Crippen molar-refractivity contribution in [2.75, 3.05) is 12.4 Å². The maximum atomic E-state index is 12.1. The fraction of sp³-hybridized carbons (Fsp3) is 0.333. The summed E-state index contributed by atoms with van der Waals surface area (Å²) in [6, 6.07) is 9.05. The number of nitrogens with zero attached hydrogens (tertiary/aromatic N) is 3. The fourth-order valence-electron chi connectivity index (χ4n) is 2.53. The van der Waals surface area contributed by atoms with Gasteiger partial charge in [-0.1, -0.05) is 25.1 Å². The third-order valence-electron chi connectivity index (χ3n) is 4.12. The van der Waals surface area contributed by atoms with Crippen LogP contribution >= 0.6 is 0 Å². The van der Waals surface area contributed by atoms with Crippen molar-refractivity contribution in [2.24, 2.45) is 0 Å². The van der Waals surface area contributed by atoms with Crippen molar-refractivity contribution < 1.29 is 18.8 Å². The summed E-state index contributed by atoms with van der Waals surface area (Å²) in [4.78, 5) is 20.6. The highest BCUT2D eigenvalue weighted by atomic mass is 16.5. The van der Waals surface area contributed by atoms with Gasteiger partial charge in [0.1, 0.15) is 0 Å². The van der Waals surface area contributed by atoms with Crippen LogP contribution < -0.4 is 14.8 Å². The van der Waals surface area contributed by atoms with Crippen LogP contribution in [0.2, 0.25) is 0 Å². The standard InChI is InChI=1S/C21H24N4O4/c1-13(2)21-24-20(29-25-21)10-8-18(26)23-15-6-9-19(22-12-15)28-16-7-5-14(3)11-17(16)27-4/h5-7,9,11-13H,8,10H2,1-4H3,(H,23,26). The number of hydrogen-bond donors (Lipinski definition) is 1. The van der Waals surface area contributed by atoms with Gasteiger partial charge in [0.05, 0.1) is 19.0 Å².